The first-order valence-corrected chi connectivity index (χ1v) is 8.83. The number of carbonyl (C=O) groups is 1. The van der Waals surface area contributed by atoms with E-state index in [9.17, 15) is 9.18 Å². The van der Waals surface area contributed by atoms with E-state index in [0.717, 1.165) is 5.56 Å². The molecule has 0 aromatic heterocycles. The van der Waals surface area contributed by atoms with Crippen LogP contribution in [-0.2, 0) is 16.0 Å². The highest BCUT2D eigenvalue weighted by Crippen LogP contribution is 2.24. The number of hydrogen-bond acceptors (Lipinski definition) is 4. The van der Waals surface area contributed by atoms with Crippen molar-refractivity contribution >= 4 is 11.6 Å². The summed E-state index contributed by atoms with van der Waals surface area (Å²) in [5, 5.41) is 2.95. The Hall–Kier alpha value is -2.44. The van der Waals surface area contributed by atoms with Gasteiger partial charge in [0.25, 0.3) is 0 Å². The van der Waals surface area contributed by atoms with Gasteiger partial charge in [-0.3, -0.25) is 9.69 Å². The van der Waals surface area contributed by atoms with Gasteiger partial charge in [0.1, 0.15) is 11.9 Å². The van der Waals surface area contributed by atoms with Gasteiger partial charge in [0, 0.05) is 30.9 Å². The minimum absolute atomic E-state index is 0.188. The molecule has 138 valence electrons. The molecule has 5 nitrogen and oxygen atoms in total. The Balaban J connectivity index is 1.68. The van der Waals surface area contributed by atoms with Gasteiger partial charge in [0.15, 0.2) is 0 Å². The molecule has 1 unspecified atom stereocenters. The number of benzene rings is 2. The number of rotatable bonds is 6. The molecule has 1 aliphatic heterocycles. The number of nitrogen functional groups attached to an aromatic ring is 1. The molecule has 0 aliphatic carbocycles. The standard InChI is InChI=1S/C20H24FN3O2/c21-18-4-2-1-3-17(18)19(24-11-13-26-14-12-24)20(25)23-10-9-15-5-7-16(22)8-6-15/h1-8,19H,9-14,22H2,(H,23,25). The summed E-state index contributed by atoms with van der Waals surface area (Å²) in [4.78, 5) is 14.8. The molecule has 2 aromatic rings. The van der Waals surface area contributed by atoms with Crippen LogP contribution in [0.5, 0.6) is 0 Å². The highest BCUT2D eigenvalue weighted by molar-refractivity contribution is 5.83. The highest BCUT2D eigenvalue weighted by atomic mass is 19.1. The number of nitrogens with zero attached hydrogens (tertiary/aromatic N) is 1. The van der Waals surface area contributed by atoms with Crippen LogP contribution in [0, 0.1) is 5.82 Å². The van der Waals surface area contributed by atoms with E-state index in [4.69, 9.17) is 10.5 Å². The third kappa shape index (κ3) is 4.59. The van der Waals surface area contributed by atoms with Crippen LogP contribution in [0.1, 0.15) is 17.2 Å². The van der Waals surface area contributed by atoms with Crippen LogP contribution in [0.4, 0.5) is 10.1 Å². The van der Waals surface area contributed by atoms with E-state index >= 15 is 0 Å². The fourth-order valence-electron chi connectivity index (χ4n) is 3.15. The molecular weight excluding hydrogens is 333 g/mol. The Kier molecular flexibility index (Phi) is 6.20. The Morgan fingerprint density at radius 3 is 2.54 bits per heavy atom. The lowest BCUT2D eigenvalue weighted by Gasteiger charge is -2.34. The van der Waals surface area contributed by atoms with Gasteiger partial charge in [-0.15, -0.1) is 0 Å². The molecule has 2 aromatic carbocycles. The third-order valence-corrected chi connectivity index (χ3v) is 4.55. The fourth-order valence-corrected chi connectivity index (χ4v) is 3.15. The second-order valence-electron chi connectivity index (χ2n) is 6.35. The molecule has 1 heterocycles. The van der Waals surface area contributed by atoms with Gasteiger partial charge in [-0.2, -0.15) is 0 Å². The van der Waals surface area contributed by atoms with E-state index in [-0.39, 0.29) is 11.7 Å². The number of halogens is 1. The zero-order chi connectivity index (χ0) is 18.4. The van der Waals surface area contributed by atoms with Crippen LogP contribution in [0.2, 0.25) is 0 Å². The summed E-state index contributed by atoms with van der Waals surface area (Å²) in [7, 11) is 0. The highest BCUT2D eigenvalue weighted by Gasteiger charge is 2.30. The lowest BCUT2D eigenvalue weighted by molar-refractivity contribution is -0.128. The minimum Gasteiger partial charge on any atom is -0.399 e. The van der Waals surface area contributed by atoms with Gasteiger partial charge >= 0.3 is 0 Å². The first-order chi connectivity index (χ1) is 12.6. The Morgan fingerprint density at radius 1 is 1.15 bits per heavy atom. The molecule has 1 amide bonds. The summed E-state index contributed by atoms with van der Waals surface area (Å²) in [5.41, 5.74) is 7.89. The minimum atomic E-state index is -0.647. The van der Waals surface area contributed by atoms with Crippen molar-refractivity contribution in [3.8, 4) is 0 Å². The molecule has 0 spiro atoms. The number of carbonyl (C=O) groups excluding carboxylic acids is 1. The maximum Gasteiger partial charge on any atom is 0.242 e. The zero-order valence-electron chi connectivity index (χ0n) is 14.7. The molecule has 0 saturated carbocycles. The van der Waals surface area contributed by atoms with E-state index < -0.39 is 6.04 Å². The lowest BCUT2D eigenvalue weighted by Crippen LogP contribution is -2.46. The molecule has 0 bridgehead atoms. The van der Waals surface area contributed by atoms with Crippen molar-refractivity contribution in [1.29, 1.82) is 0 Å². The second-order valence-corrected chi connectivity index (χ2v) is 6.35. The second kappa shape index (κ2) is 8.78. The van der Waals surface area contributed by atoms with Crippen molar-refractivity contribution in [3.05, 3.63) is 65.5 Å². The van der Waals surface area contributed by atoms with Crippen LogP contribution in [0.3, 0.4) is 0 Å². The molecule has 1 aliphatic rings. The van der Waals surface area contributed by atoms with Crippen LogP contribution in [0.15, 0.2) is 48.5 Å². The average molecular weight is 357 g/mol. The number of hydrogen-bond donors (Lipinski definition) is 2. The maximum absolute atomic E-state index is 14.3. The molecule has 26 heavy (non-hydrogen) atoms. The number of morpholine rings is 1. The van der Waals surface area contributed by atoms with Gasteiger partial charge < -0.3 is 15.8 Å². The summed E-state index contributed by atoms with van der Waals surface area (Å²) in [5.74, 6) is -0.551. The predicted molar refractivity (Wildman–Crippen MR) is 99.1 cm³/mol. The number of amides is 1. The molecule has 1 atom stereocenters. The molecule has 1 fully saturated rings. The van der Waals surface area contributed by atoms with Crippen molar-refractivity contribution in [1.82, 2.24) is 10.2 Å². The molecular formula is C20H24FN3O2. The van der Waals surface area contributed by atoms with E-state index in [1.807, 2.05) is 29.2 Å². The monoisotopic (exact) mass is 357 g/mol. The number of nitrogens with one attached hydrogen (secondary N) is 1. The maximum atomic E-state index is 14.3. The van der Waals surface area contributed by atoms with Gasteiger partial charge in [0.2, 0.25) is 5.91 Å². The topological polar surface area (TPSA) is 67.6 Å². The Bertz CT molecular complexity index is 730. The van der Waals surface area contributed by atoms with E-state index in [2.05, 4.69) is 5.32 Å². The molecule has 6 heteroatoms. The summed E-state index contributed by atoms with van der Waals surface area (Å²) in [6, 6.07) is 13.4. The number of nitrogens with two attached hydrogens (primary N) is 1. The van der Waals surface area contributed by atoms with Crippen molar-refractivity contribution in [3.63, 3.8) is 0 Å². The molecule has 3 N–H and O–H groups in total. The van der Waals surface area contributed by atoms with E-state index in [1.54, 1.807) is 18.2 Å². The third-order valence-electron chi connectivity index (χ3n) is 4.55. The Labute approximate surface area is 152 Å². The lowest BCUT2D eigenvalue weighted by atomic mass is 10.0. The van der Waals surface area contributed by atoms with Crippen LogP contribution >= 0.6 is 0 Å². The fraction of sp³-hybridized carbons (Fsp3) is 0.350. The molecule has 3 rings (SSSR count). The van der Waals surface area contributed by atoms with Gasteiger partial charge in [-0.25, -0.2) is 4.39 Å². The van der Waals surface area contributed by atoms with Crippen molar-refractivity contribution in [2.75, 3.05) is 38.6 Å². The van der Waals surface area contributed by atoms with Crippen LogP contribution in [0.25, 0.3) is 0 Å². The smallest absolute Gasteiger partial charge is 0.242 e. The summed E-state index contributed by atoms with van der Waals surface area (Å²) < 4.78 is 19.7. The van der Waals surface area contributed by atoms with Crippen molar-refractivity contribution in [2.24, 2.45) is 0 Å². The zero-order valence-corrected chi connectivity index (χ0v) is 14.7. The summed E-state index contributed by atoms with van der Waals surface area (Å²) in [6.45, 7) is 2.78. The van der Waals surface area contributed by atoms with Crippen LogP contribution < -0.4 is 11.1 Å². The Morgan fingerprint density at radius 2 is 1.85 bits per heavy atom. The van der Waals surface area contributed by atoms with Crippen molar-refractivity contribution < 1.29 is 13.9 Å². The number of ether oxygens (including phenoxy) is 1. The van der Waals surface area contributed by atoms with Crippen molar-refractivity contribution in [2.45, 2.75) is 12.5 Å². The van der Waals surface area contributed by atoms with Crippen LogP contribution in [-0.4, -0.2) is 43.7 Å². The SMILES string of the molecule is Nc1ccc(CCNC(=O)C(c2ccccc2F)N2CCOCC2)cc1. The summed E-state index contributed by atoms with van der Waals surface area (Å²) >= 11 is 0. The summed E-state index contributed by atoms with van der Waals surface area (Å²) in [6.07, 6.45) is 0.694. The average Bonchev–Trinajstić information content (AvgIpc) is 2.66. The quantitative estimate of drug-likeness (QED) is 0.778. The first-order valence-electron chi connectivity index (χ1n) is 8.83. The van der Waals surface area contributed by atoms with E-state index in [1.165, 1.54) is 6.07 Å². The van der Waals surface area contributed by atoms with Gasteiger partial charge in [0.05, 0.1) is 13.2 Å². The largest absolute Gasteiger partial charge is 0.399 e. The van der Waals surface area contributed by atoms with Gasteiger partial charge in [-0.05, 0) is 30.2 Å². The molecule has 0 radical (unpaired) electrons. The first kappa shape index (κ1) is 18.4. The van der Waals surface area contributed by atoms with E-state index in [0.29, 0.717) is 50.5 Å². The molecule has 1 saturated heterocycles. The predicted octanol–water partition coefficient (Wildman–Crippen LogP) is 2.14. The normalized spacial score (nSPS) is 16.2. The number of anilines is 1. The van der Waals surface area contributed by atoms with Gasteiger partial charge in [-0.1, -0.05) is 30.3 Å².